The van der Waals surface area contributed by atoms with E-state index in [1.807, 2.05) is 0 Å². The van der Waals surface area contributed by atoms with Crippen molar-refractivity contribution < 1.29 is 14.7 Å². The first-order chi connectivity index (χ1) is 9.95. The van der Waals surface area contributed by atoms with Crippen LogP contribution >= 0.6 is 0 Å². The highest BCUT2D eigenvalue weighted by Gasteiger charge is 2.25. The van der Waals surface area contributed by atoms with E-state index in [1.165, 1.54) is 0 Å². The molecule has 1 amide bonds. The third kappa shape index (κ3) is 3.10. The molecule has 0 spiro atoms. The second-order valence-electron chi connectivity index (χ2n) is 5.56. The summed E-state index contributed by atoms with van der Waals surface area (Å²) < 4.78 is 0. The number of aryl methyl sites for hydroxylation is 1. The average molecular weight is 293 g/mol. The Kier molecular flexibility index (Phi) is 4.67. The van der Waals surface area contributed by atoms with Crippen LogP contribution in [0.25, 0.3) is 0 Å². The topological polar surface area (TPSA) is 85.4 Å². The molecule has 0 bridgehead atoms. The van der Waals surface area contributed by atoms with E-state index in [9.17, 15) is 9.59 Å². The lowest BCUT2D eigenvalue weighted by Gasteiger charge is -2.22. The number of carbonyl (C=O) groups excluding carboxylic acids is 1. The zero-order valence-corrected chi connectivity index (χ0v) is 12.8. The Morgan fingerprint density at radius 1 is 1.43 bits per heavy atom. The predicted octanol–water partition coefficient (Wildman–Crippen LogP) is 1.54. The average Bonchev–Trinajstić information content (AvgIpc) is 2.99. The summed E-state index contributed by atoms with van der Waals surface area (Å²) in [6, 6.07) is 0.384. The zero-order valence-electron chi connectivity index (χ0n) is 12.8. The molecule has 1 aliphatic rings. The van der Waals surface area contributed by atoms with Gasteiger partial charge in [0.05, 0.1) is 5.56 Å². The molecule has 3 N–H and O–H groups in total. The minimum absolute atomic E-state index is 0.191. The van der Waals surface area contributed by atoms with Crippen molar-refractivity contribution in [3.63, 3.8) is 0 Å². The Morgan fingerprint density at radius 2 is 2.14 bits per heavy atom. The summed E-state index contributed by atoms with van der Waals surface area (Å²) >= 11 is 0. The fraction of sp³-hybridized carbons (Fsp3) is 0.600. The number of nitrogens with one attached hydrogen (secondary N) is 2. The number of amides is 1. The number of likely N-dealkylation sites (tertiary alicyclic amines) is 1. The Morgan fingerprint density at radius 3 is 2.71 bits per heavy atom. The van der Waals surface area contributed by atoms with Crippen molar-refractivity contribution in [1.29, 1.82) is 0 Å². The van der Waals surface area contributed by atoms with Gasteiger partial charge in [-0.15, -0.1) is 0 Å². The van der Waals surface area contributed by atoms with Crippen molar-refractivity contribution in [1.82, 2.24) is 15.2 Å². The summed E-state index contributed by atoms with van der Waals surface area (Å²) in [6.45, 7) is 8.13. The molecule has 0 unspecified atom stereocenters. The van der Waals surface area contributed by atoms with Crippen LogP contribution in [0.1, 0.15) is 51.9 Å². The molecule has 116 valence electrons. The van der Waals surface area contributed by atoms with Crippen molar-refractivity contribution in [2.45, 2.75) is 39.7 Å². The van der Waals surface area contributed by atoms with Crippen LogP contribution in [0.3, 0.4) is 0 Å². The van der Waals surface area contributed by atoms with E-state index in [1.54, 1.807) is 13.8 Å². The van der Waals surface area contributed by atoms with Crippen molar-refractivity contribution in [3.05, 3.63) is 22.5 Å². The molecule has 2 rings (SSSR count). The number of aromatic nitrogens is 1. The van der Waals surface area contributed by atoms with E-state index in [0.717, 1.165) is 25.9 Å². The van der Waals surface area contributed by atoms with Gasteiger partial charge in [0, 0.05) is 18.3 Å². The van der Waals surface area contributed by atoms with E-state index in [0.29, 0.717) is 29.5 Å². The van der Waals surface area contributed by atoms with Crippen molar-refractivity contribution in [2.75, 3.05) is 19.6 Å². The molecule has 6 nitrogen and oxygen atoms in total. The number of hydrogen-bond acceptors (Lipinski definition) is 3. The number of aromatic carboxylic acids is 1. The molecule has 0 aromatic carbocycles. The van der Waals surface area contributed by atoms with Gasteiger partial charge in [0.15, 0.2) is 0 Å². The number of nitrogens with zero attached hydrogens (tertiary/aromatic N) is 1. The van der Waals surface area contributed by atoms with Crippen LogP contribution in [0.15, 0.2) is 0 Å². The van der Waals surface area contributed by atoms with Gasteiger partial charge in [-0.05, 0) is 45.3 Å². The third-order valence-corrected chi connectivity index (χ3v) is 4.28. The maximum atomic E-state index is 12.3. The van der Waals surface area contributed by atoms with Crippen molar-refractivity contribution in [2.24, 2.45) is 0 Å². The summed E-state index contributed by atoms with van der Waals surface area (Å²) in [6.07, 6.45) is 2.26. The molecule has 0 radical (unpaired) electrons. The van der Waals surface area contributed by atoms with Gasteiger partial charge in [0.25, 0.3) is 5.91 Å². The molecule has 1 aliphatic heterocycles. The van der Waals surface area contributed by atoms with Gasteiger partial charge in [0.2, 0.25) is 0 Å². The Balaban J connectivity index is 2.04. The van der Waals surface area contributed by atoms with Crippen LogP contribution in [0.2, 0.25) is 0 Å². The van der Waals surface area contributed by atoms with Gasteiger partial charge in [-0.2, -0.15) is 0 Å². The summed E-state index contributed by atoms with van der Waals surface area (Å²) in [5.74, 6) is -1.24. The number of carboxylic acids is 1. The molecule has 1 saturated heterocycles. The lowest BCUT2D eigenvalue weighted by atomic mass is 10.1. The summed E-state index contributed by atoms with van der Waals surface area (Å²) in [5, 5.41) is 12.1. The van der Waals surface area contributed by atoms with Gasteiger partial charge < -0.3 is 15.4 Å². The Bertz CT molecular complexity index is 551. The lowest BCUT2D eigenvalue weighted by Crippen LogP contribution is -2.40. The van der Waals surface area contributed by atoms with Gasteiger partial charge >= 0.3 is 5.97 Å². The van der Waals surface area contributed by atoms with Gasteiger partial charge in [-0.3, -0.25) is 9.69 Å². The summed E-state index contributed by atoms with van der Waals surface area (Å²) in [4.78, 5) is 28.7. The zero-order chi connectivity index (χ0) is 15.6. The minimum Gasteiger partial charge on any atom is -0.478 e. The number of carbonyl (C=O) groups is 2. The van der Waals surface area contributed by atoms with Crippen LogP contribution < -0.4 is 5.32 Å². The van der Waals surface area contributed by atoms with Gasteiger partial charge in [-0.1, -0.05) is 6.92 Å². The molecule has 1 atom stereocenters. The fourth-order valence-electron chi connectivity index (χ4n) is 3.14. The molecule has 2 heterocycles. The van der Waals surface area contributed by atoms with E-state index in [4.69, 9.17) is 5.11 Å². The Hall–Kier alpha value is -1.82. The number of H-pyrrole nitrogens is 1. The summed E-state index contributed by atoms with van der Waals surface area (Å²) in [5.41, 5.74) is 1.56. The number of hydrogen-bond donors (Lipinski definition) is 3. The maximum Gasteiger partial charge on any atom is 0.337 e. The highest BCUT2D eigenvalue weighted by Crippen LogP contribution is 2.19. The van der Waals surface area contributed by atoms with Crippen LogP contribution in [0, 0.1) is 13.8 Å². The molecular weight excluding hydrogens is 270 g/mol. The minimum atomic E-state index is -1.01. The number of aromatic amines is 1. The SMILES string of the molecule is CCN1CCC[C@@H]1CNC(=O)c1[nH]c(C)c(C(=O)O)c1C. The first kappa shape index (κ1) is 15.6. The molecule has 6 heteroatoms. The van der Waals surface area contributed by atoms with Crippen LogP contribution in [-0.2, 0) is 0 Å². The van der Waals surface area contributed by atoms with Crippen LogP contribution in [0.5, 0.6) is 0 Å². The maximum absolute atomic E-state index is 12.3. The normalized spacial score (nSPS) is 18.9. The standard InChI is InChI=1S/C15H23N3O3/c1-4-18-7-5-6-11(18)8-16-14(19)13-9(2)12(15(20)21)10(3)17-13/h11,17H,4-8H2,1-3H3,(H,16,19)(H,20,21)/t11-/m1/s1. The van der Waals surface area contributed by atoms with Crippen molar-refractivity contribution >= 4 is 11.9 Å². The van der Waals surface area contributed by atoms with E-state index in [-0.39, 0.29) is 11.5 Å². The summed E-state index contributed by atoms with van der Waals surface area (Å²) in [7, 11) is 0. The number of rotatable bonds is 5. The number of carboxylic acid groups (broad SMARTS) is 1. The van der Waals surface area contributed by atoms with Gasteiger partial charge in [0.1, 0.15) is 5.69 Å². The molecule has 0 aliphatic carbocycles. The molecule has 1 aromatic heterocycles. The fourth-order valence-corrected chi connectivity index (χ4v) is 3.14. The highest BCUT2D eigenvalue weighted by atomic mass is 16.4. The first-order valence-electron chi connectivity index (χ1n) is 7.40. The molecule has 1 fully saturated rings. The second kappa shape index (κ2) is 6.30. The number of likely N-dealkylation sites (N-methyl/N-ethyl adjacent to an activating group) is 1. The highest BCUT2D eigenvalue weighted by molar-refractivity contribution is 5.99. The smallest absolute Gasteiger partial charge is 0.337 e. The molecule has 21 heavy (non-hydrogen) atoms. The van der Waals surface area contributed by atoms with E-state index in [2.05, 4.69) is 22.1 Å². The van der Waals surface area contributed by atoms with Crippen molar-refractivity contribution in [3.8, 4) is 0 Å². The molecular formula is C15H23N3O3. The second-order valence-corrected chi connectivity index (χ2v) is 5.56. The Labute approximate surface area is 124 Å². The van der Waals surface area contributed by atoms with E-state index >= 15 is 0 Å². The lowest BCUT2D eigenvalue weighted by molar-refractivity contribution is 0.0695. The first-order valence-corrected chi connectivity index (χ1v) is 7.40. The molecule has 0 saturated carbocycles. The van der Waals surface area contributed by atoms with Gasteiger partial charge in [-0.25, -0.2) is 4.79 Å². The molecule has 1 aromatic rings. The monoisotopic (exact) mass is 293 g/mol. The van der Waals surface area contributed by atoms with E-state index < -0.39 is 5.97 Å². The quantitative estimate of drug-likeness (QED) is 0.769. The van der Waals surface area contributed by atoms with Crippen LogP contribution in [-0.4, -0.2) is 52.5 Å². The third-order valence-electron chi connectivity index (χ3n) is 4.28. The largest absolute Gasteiger partial charge is 0.478 e. The predicted molar refractivity (Wildman–Crippen MR) is 79.8 cm³/mol. The van der Waals surface area contributed by atoms with Crippen LogP contribution in [0.4, 0.5) is 0 Å².